The Kier molecular flexibility index (Phi) is 9.98. The highest BCUT2D eigenvalue weighted by Crippen LogP contribution is 2.41. The number of halogens is 10. The van der Waals surface area contributed by atoms with Crippen molar-refractivity contribution in [1.29, 1.82) is 0 Å². The van der Waals surface area contributed by atoms with E-state index in [1.54, 1.807) is 0 Å². The number of carbonyl (C=O) groups excluding carboxylic acids is 2. The zero-order valence-electron chi connectivity index (χ0n) is 18.0. The number of hydrogen-bond acceptors (Lipinski definition) is 2. The van der Waals surface area contributed by atoms with Crippen LogP contribution in [0.4, 0.5) is 26.3 Å². The molecule has 196 valence electrons. The lowest BCUT2D eigenvalue weighted by Gasteiger charge is -2.18. The van der Waals surface area contributed by atoms with Gasteiger partial charge in [0.1, 0.15) is 6.42 Å². The Labute approximate surface area is 221 Å². The van der Waals surface area contributed by atoms with Gasteiger partial charge in [-0.2, -0.15) is 26.3 Å². The molecule has 36 heavy (non-hydrogen) atoms. The number of rotatable bonds is 7. The minimum Gasteiger partial charge on any atom is -0.336 e. The second kappa shape index (κ2) is 11.9. The fourth-order valence-corrected chi connectivity index (χ4v) is 3.86. The maximum absolute atomic E-state index is 13.7. The van der Waals surface area contributed by atoms with Gasteiger partial charge in [-0.05, 0) is 42.3 Å². The van der Waals surface area contributed by atoms with Crippen molar-refractivity contribution >= 4 is 64.3 Å². The second-order valence-corrected chi connectivity index (χ2v) is 9.07. The molecule has 2 aromatic rings. The number of carbonyl (C=O) groups is 2. The molecule has 2 N–H and O–H groups in total. The Morgan fingerprint density at radius 1 is 0.917 bits per heavy atom. The molecule has 2 rings (SSSR count). The van der Waals surface area contributed by atoms with Crippen LogP contribution in [0, 0.1) is 0 Å². The molecule has 2 aromatic carbocycles. The van der Waals surface area contributed by atoms with E-state index in [0.717, 1.165) is 24.3 Å². The Morgan fingerprint density at radius 2 is 1.50 bits per heavy atom. The third kappa shape index (κ3) is 8.76. The molecule has 14 heteroatoms. The van der Waals surface area contributed by atoms with E-state index in [1.165, 1.54) is 25.1 Å². The predicted octanol–water partition coefficient (Wildman–Crippen LogP) is 7.80. The van der Waals surface area contributed by atoms with Gasteiger partial charge in [-0.15, -0.1) is 0 Å². The molecule has 0 radical (unpaired) electrons. The zero-order chi connectivity index (χ0) is 27.4. The summed E-state index contributed by atoms with van der Waals surface area (Å²) in [6.45, 7) is 1.24. The number of nitrogens with one attached hydrogen (secondary N) is 2. The first-order chi connectivity index (χ1) is 16.5. The molecule has 0 aliphatic heterocycles. The summed E-state index contributed by atoms with van der Waals surface area (Å²) in [5, 5.41) is 3.69. The Balaban J connectivity index is 2.18. The molecule has 0 heterocycles. The zero-order valence-corrected chi connectivity index (χ0v) is 21.0. The lowest BCUT2D eigenvalue weighted by atomic mass is 9.97. The Bertz CT molecular complexity index is 1150. The molecule has 0 bridgehead atoms. The number of hydrogen-bond donors (Lipinski definition) is 2. The van der Waals surface area contributed by atoms with E-state index in [-0.39, 0.29) is 36.8 Å². The number of allylic oxidation sites excluding steroid dienone is 1. The predicted molar refractivity (Wildman–Crippen MR) is 126 cm³/mol. The van der Waals surface area contributed by atoms with Crippen molar-refractivity contribution in [3.8, 4) is 0 Å². The standard InChI is InChI=1S/C22H16Cl4F6N2O2/c1-10(33-18(35)9-21(27,28)29)34-20(36)13-4-2-11(6-15(13)23)3-5-14(22(30,31)32)12-7-16(24)19(26)17(25)8-12/h2-8,10,14H,9H2,1H3,(H,33,35)(H,34,36)/b5-3+/t10-,14?/m1/s1. The molecule has 0 aliphatic carbocycles. The summed E-state index contributed by atoms with van der Waals surface area (Å²) in [7, 11) is 0. The van der Waals surface area contributed by atoms with Crippen molar-refractivity contribution in [1.82, 2.24) is 10.6 Å². The van der Waals surface area contributed by atoms with E-state index < -0.39 is 42.7 Å². The monoisotopic (exact) mass is 594 g/mol. The maximum Gasteiger partial charge on any atom is 0.399 e. The Hall–Kier alpha value is -2.14. The number of benzene rings is 2. The van der Waals surface area contributed by atoms with E-state index >= 15 is 0 Å². The van der Waals surface area contributed by atoms with Gasteiger partial charge in [0.25, 0.3) is 5.91 Å². The van der Waals surface area contributed by atoms with Crippen molar-refractivity contribution in [2.24, 2.45) is 0 Å². The van der Waals surface area contributed by atoms with Gasteiger partial charge in [0, 0.05) is 0 Å². The van der Waals surface area contributed by atoms with E-state index in [9.17, 15) is 35.9 Å². The van der Waals surface area contributed by atoms with Crippen LogP contribution < -0.4 is 10.6 Å². The molecule has 0 saturated carbocycles. The van der Waals surface area contributed by atoms with Gasteiger partial charge in [-0.1, -0.05) is 64.6 Å². The number of amides is 2. The summed E-state index contributed by atoms with van der Waals surface area (Å²) in [5.74, 6) is -4.26. The van der Waals surface area contributed by atoms with Gasteiger partial charge in [0.2, 0.25) is 5.91 Å². The molecule has 0 spiro atoms. The first kappa shape index (κ1) is 30.1. The van der Waals surface area contributed by atoms with Crippen LogP contribution in [-0.2, 0) is 4.79 Å². The Morgan fingerprint density at radius 3 is 2.00 bits per heavy atom. The lowest BCUT2D eigenvalue weighted by Crippen LogP contribution is -2.46. The largest absolute Gasteiger partial charge is 0.399 e. The van der Waals surface area contributed by atoms with Crippen molar-refractivity contribution in [2.75, 3.05) is 0 Å². The van der Waals surface area contributed by atoms with Crippen molar-refractivity contribution in [2.45, 2.75) is 37.8 Å². The van der Waals surface area contributed by atoms with Crippen LogP contribution in [0.5, 0.6) is 0 Å². The average molecular weight is 596 g/mol. The minimum atomic E-state index is -4.71. The van der Waals surface area contributed by atoms with E-state index in [0.29, 0.717) is 0 Å². The molecular weight excluding hydrogens is 580 g/mol. The van der Waals surface area contributed by atoms with Gasteiger partial charge in [-0.3, -0.25) is 9.59 Å². The van der Waals surface area contributed by atoms with Gasteiger partial charge >= 0.3 is 12.4 Å². The fraction of sp³-hybridized carbons (Fsp3) is 0.273. The van der Waals surface area contributed by atoms with Crippen molar-refractivity contribution in [3.05, 3.63) is 73.2 Å². The molecule has 2 atom stereocenters. The first-order valence-electron chi connectivity index (χ1n) is 9.84. The summed E-state index contributed by atoms with van der Waals surface area (Å²) in [5.41, 5.74) is -0.153. The van der Waals surface area contributed by atoms with Crippen LogP contribution in [0.1, 0.15) is 40.7 Å². The third-order valence-corrected chi connectivity index (χ3v) is 6.03. The van der Waals surface area contributed by atoms with Gasteiger partial charge in [-0.25, -0.2) is 0 Å². The summed E-state index contributed by atoms with van der Waals surface area (Å²) < 4.78 is 77.8. The summed E-state index contributed by atoms with van der Waals surface area (Å²) >= 11 is 23.6. The maximum atomic E-state index is 13.7. The van der Waals surface area contributed by atoms with Crippen LogP contribution in [0.15, 0.2) is 36.4 Å². The topological polar surface area (TPSA) is 58.2 Å². The highest BCUT2D eigenvalue weighted by Gasteiger charge is 2.39. The second-order valence-electron chi connectivity index (χ2n) is 7.47. The molecule has 0 aromatic heterocycles. The summed E-state index contributed by atoms with van der Waals surface area (Å²) in [6, 6.07) is 5.83. The van der Waals surface area contributed by atoms with E-state index in [4.69, 9.17) is 46.4 Å². The van der Waals surface area contributed by atoms with Crippen LogP contribution in [0.25, 0.3) is 6.08 Å². The van der Waals surface area contributed by atoms with Crippen molar-refractivity contribution in [3.63, 3.8) is 0 Å². The first-order valence-corrected chi connectivity index (χ1v) is 11.3. The molecular formula is C22H16Cl4F6N2O2. The lowest BCUT2D eigenvalue weighted by molar-refractivity contribution is -0.154. The number of alkyl halides is 6. The van der Waals surface area contributed by atoms with E-state index in [1.807, 2.05) is 5.32 Å². The molecule has 2 amide bonds. The fourth-order valence-electron chi connectivity index (χ4n) is 2.98. The quantitative estimate of drug-likeness (QED) is 0.195. The van der Waals surface area contributed by atoms with Gasteiger partial charge in [0.15, 0.2) is 0 Å². The van der Waals surface area contributed by atoms with Crippen LogP contribution >= 0.6 is 46.4 Å². The normalized spacial score (nSPS) is 14.0. The molecule has 1 unspecified atom stereocenters. The highest BCUT2D eigenvalue weighted by molar-refractivity contribution is 6.48. The molecule has 0 fully saturated rings. The van der Waals surface area contributed by atoms with E-state index in [2.05, 4.69) is 5.32 Å². The molecule has 0 aliphatic rings. The summed E-state index contributed by atoms with van der Waals surface area (Å²) in [4.78, 5) is 23.7. The summed E-state index contributed by atoms with van der Waals surface area (Å²) in [6.07, 6.45) is -10.3. The van der Waals surface area contributed by atoms with Crippen LogP contribution in [0.2, 0.25) is 20.1 Å². The minimum absolute atomic E-state index is 0.0816. The third-order valence-electron chi connectivity index (χ3n) is 4.52. The highest BCUT2D eigenvalue weighted by atomic mass is 35.5. The molecule has 4 nitrogen and oxygen atoms in total. The van der Waals surface area contributed by atoms with Gasteiger partial charge < -0.3 is 10.6 Å². The average Bonchev–Trinajstić information content (AvgIpc) is 2.69. The smallest absolute Gasteiger partial charge is 0.336 e. The van der Waals surface area contributed by atoms with Gasteiger partial charge in [0.05, 0.1) is 37.7 Å². The van der Waals surface area contributed by atoms with Crippen LogP contribution in [0.3, 0.4) is 0 Å². The SMILES string of the molecule is C[C@H](NC(=O)CC(F)(F)F)NC(=O)c1ccc(/C=C/C(c2cc(Cl)c(Cl)c(Cl)c2)C(F)(F)F)cc1Cl. The molecule has 0 saturated heterocycles. The van der Waals surface area contributed by atoms with Crippen molar-refractivity contribution < 1.29 is 35.9 Å². The van der Waals surface area contributed by atoms with Crippen LogP contribution in [-0.4, -0.2) is 30.3 Å².